The average Bonchev–Trinajstić information content (AvgIpc) is 2.44. The maximum atomic E-state index is 14.6. The van der Waals surface area contributed by atoms with Gasteiger partial charge in [0.2, 0.25) is 5.82 Å². The van der Waals surface area contributed by atoms with E-state index in [0.29, 0.717) is 0 Å². The molecular weight excluding hydrogens is 310 g/mol. The molecule has 3 aliphatic carbocycles. The highest BCUT2D eigenvalue weighted by molar-refractivity contribution is 5.40. The van der Waals surface area contributed by atoms with Gasteiger partial charge in [0.05, 0.1) is 5.41 Å². The number of hydrogen-bond donors (Lipinski definition) is 1. The van der Waals surface area contributed by atoms with E-state index in [2.05, 4.69) is 0 Å². The lowest BCUT2D eigenvalue weighted by atomic mass is 9.48. The van der Waals surface area contributed by atoms with Gasteiger partial charge in [0, 0.05) is 11.0 Å². The maximum Gasteiger partial charge on any atom is 0.320 e. The quantitative estimate of drug-likeness (QED) is 0.738. The monoisotopic (exact) mass is 324 g/mol. The molecule has 22 heavy (non-hydrogen) atoms. The third-order valence-electron chi connectivity index (χ3n) is 5.54. The Hall–Kier alpha value is -1.40. The lowest BCUT2D eigenvalue weighted by Gasteiger charge is -2.60. The Kier molecular flexibility index (Phi) is 2.90. The lowest BCUT2D eigenvalue weighted by molar-refractivity contribution is -0.342. The molecule has 122 valence electrons. The van der Waals surface area contributed by atoms with E-state index in [9.17, 15) is 26.3 Å². The molecule has 0 unspecified atom stereocenters. The first-order valence-corrected chi connectivity index (χ1v) is 6.93. The Bertz CT molecular complexity index is 631. The number of phenols is 1. The van der Waals surface area contributed by atoms with Crippen molar-refractivity contribution >= 4 is 0 Å². The fourth-order valence-electron chi connectivity index (χ4n) is 3.88. The van der Waals surface area contributed by atoms with Crippen LogP contribution in [0.1, 0.15) is 38.2 Å². The Morgan fingerprint density at radius 2 is 1.41 bits per heavy atom. The van der Waals surface area contributed by atoms with Crippen molar-refractivity contribution in [3.8, 4) is 5.75 Å². The highest BCUT2D eigenvalue weighted by atomic mass is 19.3. The molecule has 0 amide bonds. The van der Waals surface area contributed by atoms with Crippen molar-refractivity contribution in [2.45, 2.75) is 49.9 Å². The van der Waals surface area contributed by atoms with Crippen LogP contribution in [0.2, 0.25) is 0 Å². The molecular formula is C15H14F6O. The van der Waals surface area contributed by atoms with E-state index >= 15 is 0 Å². The maximum absolute atomic E-state index is 14.6. The zero-order valence-corrected chi connectivity index (χ0v) is 11.7. The zero-order chi connectivity index (χ0) is 16.6. The molecule has 1 N–H and O–H groups in total. The van der Waals surface area contributed by atoms with Gasteiger partial charge in [0.25, 0.3) is 0 Å². The van der Waals surface area contributed by atoms with Crippen molar-refractivity contribution in [2.75, 3.05) is 0 Å². The summed E-state index contributed by atoms with van der Waals surface area (Å²) in [5, 5.41) is 9.11. The molecule has 3 saturated carbocycles. The van der Waals surface area contributed by atoms with Crippen LogP contribution in [-0.2, 0) is 5.41 Å². The van der Waals surface area contributed by atoms with E-state index in [1.807, 2.05) is 0 Å². The molecule has 0 radical (unpaired) electrons. The summed E-state index contributed by atoms with van der Waals surface area (Å²) in [7, 11) is 0. The summed E-state index contributed by atoms with van der Waals surface area (Å²) in [6.45, 7) is 1.11. The fourth-order valence-corrected chi connectivity index (χ4v) is 3.88. The summed E-state index contributed by atoms with van der Waals surface area (Å²) >= 11 is 0. The second-order valence-electron chi connectivity index (χ2n) is 6.55. The lowest BCUT2D eigenvalue weighted by Crippen LogP contribution is -2.70. The van der Waals surface area contributed by atoms with Gasteiger partial charge >= 0.3 is 11.8 Å². The number of alkyl halides is 4. The Balaban J connectivity index is 2.24. The molecule has 1 aromatic carbocycles. The molecule has 0 aliphatic heterocycles. The van der Waals surface area contributed by atoms with Crippen molar-refractivity contribution in [1.82, 2.24) is 0 Å². The van der Waals surface area contributed by atoms with Crippen molar-refractivity contribution < 1.29 is 31.4 Å². The topological polar surface area (TPSA) is 20.2 Å². The molecule has 0 aromatic heterocycles. The summed E-state index contributed by atoms with van der Waals surface area (Å²) in [6, 6.07) is 1.50. The van der Waals surface area contributed by atoms with Gasteiger partial charge in [-0.2, -0.15) is 22.0 Å². The van der Waals surface area contributed by atoms with Crippen LogP contribution in [0.25, 0.3) is 0 Å². The van der Waals surface area contributed by atoms with Crippen LogP contribution in [0, 0.1) is 17.0 Å². The number of hydrogen-bond acceptors (Lipinski definition) is 1. The van der Waals surface area contributed by atoms with Crippen LogP contribution < -0.4 is 0 Å². The van der Waals surface area contributed by atoms with Crippen molar-refractivity contribution in [3.05, 3.63) is 29.3 Å². The van der Waals surface area contributed by atoms with E-state index < -0.39 is 45.6 Å². The molecule has 1 aromatic rings. The predicted octanol–water partition coefficient (Wildman–Crippen LogP) is 4.77. The molecule has 1 nitrogen and oxygen atoms in total. The van der Waals surface area contributed by atoms with E-state index in [-0.39, 0.29) is 25.7 Å². The minimum atomic E-state index is -4.49. The Morgan fingerprint density at radius 3 is 1.95 bits per heavy atom. The summed E-state index contributed by atoms with van der Waals surface area (Å²) in [5.74, 6) is -13.2. The SMILES string of the molecule is CC12CCC(c3ccc(O)c(F)c3F)(CC1)C(F)(F)C2(F)F. The summed E-state index contributed by atoms with van der Waals surface area (Å²) in [6.07, 6.45) is -1.10. The predicted molar refractivity (Wildman–Crippen MR) is 66.2 cm³/mol. The molecule has 0 saturated heterocycles. The third-order valence-corrected chi connectivity index (χ3v) is 5.54. The first-order chi connectivity index (χ1) is 10.0. The van der Waals surface area contributed by atoms with Crippen LogP contribution in [0.3, 0.4) is 0 Å². The van der Waals surface area contributed by atoms with Crippen molar-refractivity contribution in [1.29, 1.82) is 0 Å². The number of benzene rings is 1. The van der Waals surface area contributed by atoms with Gasteiger partial charge in [-0.25, -0.2) is 4.39 Å². The minimum Gasteiger partial charge on any atom is -0.505 e. The van der Waals surface area contributed by atoms with E-state index in [0.717, 1.165) is 19.1 Å². The summed E-state index contributed by atoms with van der Waals surface area (Å²) in [4.78, 5) is 0. The third kappa shape index (κ3) is 1.47. The molecule has 0 heterocycles. The van der Waals surface area contributed by atoms with Crippen LogP contribution >= 0.6 is 0 Å². The molecule has 4 rings (SSSR count). The number of phenolic OH excluding ortho intramolecular Hbond substituents is 1. The van der Waals surface area contributed by atoms with Gasteiger partial charge in [-0.3, -0.25) is 0 Å². The van der Waals surface area contributed by atoms with Gasteiger partial charge in [0.1, 0.15) is 0 Å². The van der Waals surface area contributed by atoms with Gasteiger partial charge < -0.3 is 5.11 Å². The molecule has 0 spiro atoms. The smallest absolute Gasteiger partial charge is 0.320 e. The van der Waals surface area contributed by atoms with Crippen LogP contribution in [0.4, 0.5) is 26.3 Å². The zero-order valence-electron chi connectivity index (χ0n) is 11.7. The fraction of sp³-hybridized carbons (Fsp3) is 0.600. The normalized spacial score (nSPS) is 35.6. The molecule has 3 aliphatic rings. The van der Waals surface area contributed by atoms with E-state index in [4.69, 9.17) is 5.11 Å². The number of aromatic hydroxyl groups is 1. The molecule has 2 bridgehead atoms. The van der Waals surface area contributed by atoms with Crippen LogP contribution in [-0.4, -0.2) is 17.0 Å². The van der Waals surface area contributed by atoms with Crippen LogP contribution in [0.5, 0.6) is 5.75 Å². The van der Waals surface area contributed by atoms with Crippen LogP contribution in [0.15, 0.2) is 12.1 Å². The molecule has 0 atom stereocenters. The van der Waals surface area contributed by atoms with Crippen molar-refractivity contribution in [3.63, 3.8) is 0 Å². The minimum absolute atomic E-state index is 0.197. The summed E-state index contributed by atoms with van der Waals surface area (Å²) in [5.41, 5.74) is -5.08. The molecule has 3 fully saturated rings. The first kappa shape index (κ1) is 15.5. The number of halogens is 6. The highest BCUT2D eigenvalue weighted by Gasteiger charge is 2.80. The molecule has 7 heteroatoms. The number of fused-ring (bicyclic) bond motifs is 3. The van der Waals surface area contributed by atoms with E-state index in [1.165, 1.54) is 0 Å². The van der Waals surface area contributed by atoms with Gasteiger partial charge in [-0.1, -0.05) is 13.0 Å². The second kappa shape index (κ2) is 4.11. The van der Waals surface area contributed by atoms with Gasteiger partial charge in [-0.05, 0) is 31.7 Å². The van der Waals surface area contributed by atoms with Crippen molar-refractivity contribution in [2.24, 2.45) is 5.41 Å². The number of rotatable bonds is 1. The standard InChI is InChI=1S/C15H14F6O/c1-12-4-6-13(7-5-12,15(20,21)14(12,18)19)8-2-3-9(22)11(17)10(8)16/h2-3,22H,4-7H2,1H3. The Morgan fingerprint density at radius 1 is 0.864 bits per heavy atom. The second-order valence-corrected chi connectivity index (χ2v) is 6.55. The first-order valence-electron chi connectivity index (χ1n) is 6.93. The highest BCUT2D eigenvalue weighted by Crippen LogP contribution is 2.70. The van der Waals surface area contributed by atoms with Gasteiger partial charge in [0.15, 0.2) is 11.6 Å². The Labute approximate surface area is 122 Å². The van der Waals surface area contributed by atoms with Gasteiger partial charge in [-0.15, -0.1) is 0 Å². The van der Waals surface area contributed by atoms with E-state index in [1.54, 1.807) is 0 Å². The largest absolute Gasteiger partial charge is 0.505 e. The average molecular weight is 324 g/mol. The summed E-state index contributed by atoms with van der Waals surface area (Å²) < 4.78 is 85.3.